The van der Waals surface area contributed by atoms with Crippen molar-refractivity contribution in [3.63, 3.8) is 0 Å². The molecule has 68 valence electrons. The molecule has 0 aromatic heterocycles. The molecule has 0 aliphatic heterocycles. The van der Waals surface area contributed by atoms with Crippen molar-refractivity contribution in [3.05, 3.63) is 34.9 Å². The first-order valence-electron chi connectivity index (χ1n) is 4.41. The van der Waals surface area contributed by atoms with Gasteiger partial charge in [0.05, 0.1) is 0 Å². The molecule has 0 saturated carbocycles. The van der Waals surface area contributed by atoms with Gasteiger partial charge in [0.2, 0.25) is 0 Å². The normalized spacial score (nSPS) is 9.15. The van der Waals surface area contributed by atoms with Crippen LogP contribution in [0.25, 0.3) is 0 Å². The van der Waals surface area contributed by atoms with Gasteiger partial charge in [-0.2, -0.15) is 12.6 Å². The van der Waals surface area contributed by atoms with Crippen molar-refractivity contribution >= 4 is 12.6 Å². The standard InChI is InChI=1S/C12H14S/c1-10-6-7-12(11(2)9-10)5-3-4-8-13/h6-7,9,13H,4,8H2,1-2H3. The summed E-state index contributed by atoms with van der Waals surface area (Å²) in [4.78, 5) is 0. The van der Waals surface area contributed by atoms with E-state index in [2.05, 4.69) is 56.5 Å². The maximum absolute atomic E-state index is 4.11. The minimum atomic E-state index is 0.831. The Morgan fingerprint density at radius 1 is 1.31 bits per heavy atom. The van der Waals surface area contributed by atoms with E-state index in [1.807, 2.05) is 0 Å². The molecular weight excluding hydrogens is 176 g/mol. The highest BCUT2D eigenvalue weighted by atomic mass is 32.1. The molecule has 0 fully saturated rings. The minimum absolute atomic E-state index is 0.831. The second kappa shape index (κ2) is 4.99. The number of hydrogen-bond donors (Lipinski definition) is 1. The molecule has 0 spiro atoms. The molecule has 1 aromatic rings. The van der Waals surface area contributed by atoms with Crippen molar-refractivity contribution in [2.75, 3.05) is 5.75 Å². The molecule has 0 saturated heterocycles. The molecule has 0 aliphatic carbocycles. The van der Waals surface area contributed by atoms with Crippen molar-refractivity contribution < 1.29 is 0 Å². The van der Waals surface area contributed by atoms with Crippen molar-refractivity contribution in [1.29, 1.82) is 0 Å². The molecule has 0 N–H and O–H groups in total. The van der Waals surface area contributed by atoms with E-state index in [-0.39, 0.29) is 0 Å². The second-order valence-electron chi connectivity index (χ2n) is 3.09. The van der Waals surface area contributed by atoms with E-state index in [4.69, 9.17) is 0 Å². The lowest BCUT2D eigenvalue weighted by Crippen LogP contribution is -1.83. The average Bonchev–Trinajstić information content (AvgIpc) is 2.09. The van der Waals surface area contributed by atoms with Crippen LogP contribution in [0.2, 0.25) is 0 Å². The van der Waals surface area contributed by atoms with Gasteiger partial charge in [-0.3, -0.25) is 0 Å². The molecule has 0 nitrogen and oxygen atoms in total. The largest absolute Gasteiger partial charge is 0.178 e. The first kappa shape index (κ1) is 10.2. The summed E-state index contributed by atoms with van der Waals surface area (Å²) >= 11 is 4.11. The van der Waals surface area contributed by atoms with Crippen molar-refractivity contribution in [2.24, 2.45) is 0 Å². The predicted octanol–water partition coefficient (Wildman–Crippen LogP) is 2.97. The lowest BCUT2D eigenvalue weighted by molar-refractivity contribution is 1.30. The lowest BCUT2D eigenvalue weighted by Gasteiger charge is -1.98. The van der Waals surface area contributed by atoms with Crippen LogP contribution in [0.5, 0.6) is 0 Å². The van der Waals surface area contributed by atoms with E-state index in [0.717, 1.165) is 17.7 Å². The SMILES string of the molecule is Cc1ccc(C#CCCS)c(C)c1. The van der Waals surface area contributed by atoms with Crippen LogP contribution in [0.15, 0.2) is 18.2 Å². The van der Waals surface area contributed by atoms with Gasteiger partial charge in [-0.25, -0.2) is 0 Å². The fraction of sp³-hybridized carbons (Fsp3) is 0.333. The molecule has 1 aromatic carbocycles. The van der Waals surface area contributed by atoms with Crippen LogP contribution in [0.4, 0.5) is 0 Å². The van der Waals surface area contributed by atoms with Crippen LogP contribution in [-0.2, 0) is 0 Å². The Bertz CT molecular complexity index is 342. The predicted molar refractivity (Wildman–Crippen MR) is 61.3 cm³/mol. The summed E-state index contributed by atoms with van der Waals surface area (Å²) in [7, 11) is 0. The van der Waals surface area contributed by atoms with Crippen LogP contribution >= 0.6 is 12.6 Å². The number of benzene rings is 1. The molecule has 0 amide bonds. The number of rotatable bonds is 1. The van der Waals surface area contributed by atoms with Gasteiger partial charge in [-0.1, -0.05) is 29.5 Å². The molecule has 0 bridgehead atoms. The van der Waals surface area contributed by atoms with Crippen molar-refractivity contribution in [3.8, 4) is 11.8 Å². The highest BCUT2D eigenvalue weighted by Gasteiger charge is 1.92. The lowest BCUT2D eigenvalue weighted by atomic mass is 10.1. The fourth-order valence-electron chi connectivity index (χ4n) is 1.17. The molecule has 0 aliphatic rings. The van der Waals surface area contributed by atoms with E-state index < -0.39 is 0 Å². The first-order chi connectivity index (χ1) is 6.24. The summed E-state index contributed by atoms with van der Waals surface area (Å²) in [5.41, 5.74) is 3.68. The Labute approximate surface area is 85.8 Å². The van der Waals surface area contributed by atoms with Crippen LogP contribution in [-0.4, -0.2) is 5.75 Å². The van der Waals surface area contributed by atoms with Crippen LogP contribution in [0.3, 0.4) is 0 Å². The van der Waals surface area contributed by atoms with E-state index in [0.29, 0.717) is 0 Å². The summed E-state index contributed by atoms with van der Waals surface area (Å²) in [5, 5.41) is 0. The molecule has 0 heterocycles. The maximum Gasteiger partial charge on any atom is 0.0274 e. The minimum Gasteiger partial charge on any atom is -0.178 e. The highest BCUT2D eigenvalue weighted by molar-refractivity contribution is 7.80. The smallest absolute Gasteiger partial charge is 0.0274 e. The Morgan fingerprint density at radius 3 is 2.69 bits per heavy atom. The Kier molecular flexibility index (Phi) is 3.92. The van der Waals surface area contributed by atoms with Gasteiger partial charge in [-0.05, 0) is 25.5 Å². The molecule has 1 rings (SSSR count). The molecule has 0 atom stereocenters. The number of aryl methyl sites for hydroxylation is 2. The van der Waals surface area contributed by atoms with E-state index >= 15 is 0 Å². The van der Waals surface area contributed by atoms with Gasteiger partial charge in [-0.15, -0.1) is 0 Å². The zero-order valence-corrected chi connectivity index (χ0v) is 8.99. The summed E-state index contributed by atoms with van der Waals surface area (Å²) < 4.78 is 0. The molecule has 13 heavy (non-hydrogen) atoms. The summed E-state index contributed by atoms with van der Waals surface area (Å²) in [6, 6.07) is 6.33. The summed E-state index contributed by atoms with van der Waals surface area (Å²) in [5.74, 6) is 7.06. The van der Waals surface area contributed by atoms with Gasteiger partial charge >= 0.3 is 0 Å². The fourth-order valence-corrected chi connectivity index (χ4v) is 1.28. The van der Waals surface area contributed by atoms with Gasteiger partial charge in [0.1, 0.15) is 0 Å². The summed E-state index contributed by atoms with van der Waals surface area (Å²) in [6.45, 7) is 4.19. The van der Waals surface area contributed by atoms with E-state index in [9.17, 15) is 0 Å². The topological polar surface area (TPSA) is 0 Å². The van der Waals surface area contributed by atoms with Crippen LogP contribution < -0.4 is 0 Å². The first-order valence-corrected chi connectivity index (χ1v) is 5.04. The monoisotopic (exact) mass is 190 g/mol. The zero-order chi connectivity index (χ0) is 9.68. The maximum atomic E-state index is 4.11. The number of thiol groups is 1. The van der Waals surface area contributed by atoms with Crippen molar-refractivity contribution in [1.82, 2.24) is 0 Å². The van der Waals surface area contributed by atoms with Crippen LogP contribution in [0, 0.1) is 25.7 Å². The van der Waals surface area contributed by atoms with Gasteiger partial charge < -0.3 is 0 Å². The quantitative estimate of drug-likeness (QED) is 0.511. The van der Waals surface area contributed by atoms with E-state index in [1.165, 1.54) is 11.1 Å². The van der Waals surface area contributed by atoms with Crippen LogP contribution in [0.1, 0.15) is 23.1 Å². The van der Waals surface area contributed by atoms with Gasteiger partial charge in [0.15, 0.2) is 0 Å². The van der Waals surface area contributed by atoms with E-state index in [1.54, 1.807) is 0 Å². The molecule has 1 heteroatoms. The Hall–Kier alpha value is -0.870. The highest BCUT2D eigenvalue weighted by Crippen LogP contribution is 2.08. The van der Waals surface area contributed by atoms with Gasteiger partial charge in [0, 0.05) is 17.7 Å². The molecular formula is C12H14S. The average molecular weight is 190 g/mol. The Morgan fingerprint density at radius 2 is 2.08 bits per heavy atom. The molecule has 0 unspecified atom stereocenters. The third kappa shape index (κ3) is 3.16. The van der Waals surface area contributed by atoms with Gasteiger partial charge in [0.25, 0.3) is 0 Å². The van der Waals surface area contributed by atoms with Crippen molar-refractivity contribution in [2.45, 2.75) is 20.3 Å². The zero-order valence-electron chi connectivity index (χ0n) is 8.09. The number of hydrogen-bond acceptors (Lipinski definition) is 1. The summed E-state index contributed by atoms with van der Waals surface area (Å²) in [6.07, 6.45) is 0.858. The third-order valence-corrected chi connectivity index (χ3v) is 2.07. The molecule has 0 radical (unpaired) electrons. The third-order valence-electron chi connectivity index (χ3n) is 1.84. The second-order valence-corrected chi connectivity index (χ2v) is 3.54. The Balaban J connectivity index is 2.85.